The minimum atomic E-state index is -0.440. The Kier molecular flexibility index (Phi) is 6.38. The van der Waals surface area contributed by atoms with E-state index in [4.69, 9.17) is 4.42 Å². The molecule has 3 heterocycles. The Balaban J connectivity index is 1.54. The van der Waals surface area contributed by atoms with Crippen LogP contribution in [0.15, 0.2) is 47.0 Å². The van der Waals surface area contributed by atoms with E-state index in [1.165, 1.54) is 16.5 Å². The van der Waals surface area contributed by atoms with Gasteiger partial charge in [-0.15, -0.1) is 0 Å². The molecule has 0 aliphatic carbocycles. The van der Waals surface area contributed by atoms with Gasteiger partial charge in [0.15, 0.2) is 0 Å². The SMILES string of the molecule is Cc1ccc2oc(CN3CCC[C@H]([C@@H](NC(=O)C(C)(C)C)c4ccccn4)C3)c(C)c2c1. The second-order valence-corrected chi connectivity index (χ2v) is 10.2. The highest BCUT2D eigenvalue weighted by atomic mass is 16.3. The van der Waals surface area contributed by atoms with Crippen molar-refractivity contribution in [1.82, 2.24) is 15.2 Å². The van der Waals surface area contributed by atoms with E-state index in [2.05, 4.69) is 47.2 Å². The molecular formula is C27H35N3O2. The molecular weight excluding hydrogens is 398 g/mol. The fraction of sp³-hybridized carbons (Fsp3) is 0.481. The molecule has 5 nitrogen and oxygen atoms in total. The summed E-state index contributed by atoms with van der Waals surface area (Å²) in [5.74, 6) is 1.41. The van der Waals surface area contributed by atoms with Crippen LogP contribution in [0.5, 0.6) is 0 Å². The fourth-order valence-electron chi connectivity index (χ4n) is 4.60. The zero-order valence-corrected chi connectivity index (χ0v) is 19.9. The van der Waals surface area contributed by atoms with Crippen LogP contribution in [0, 0.1) is 25.2 Å². The molecule has 2 atom stereocenters. The van der Waals surface area contributed by atoms with Crippen LogP contribution in [0.3, 0.4) is 0 Å². The van der Waals surface area contributed by atoms with E-state index in [1.54, 1.807) is 0 Å². The van der Waals surface area contributed by atoms with Gasteiger partial charge < -0.3 is 9.73 Å². The number of aromatic nitrogens is 1. The Morgan fingerprint density at radius 3 is 2.78 bits per heavy atom. The van der Waals surface area contributed by atoms with Crippen LogP contribution >= 0.6 is 0 Å². The number of rotatable bonds is 5. The quantitative estimate of drug-likeness (QED) is 0.572. The van der Waals surface area contributed by atoms with Gasteiger partial charge in [-0.25, -0.2) is 0 Å². The van der Waals surface area contributed by atoms with Gasteiger partial charge in [0.25, 0.3) is 0 Å². The monoisotopic (exact) mass is 433 g/mol. The molecule has 3 aromatic rings. The Morgan fingerprint density at radius 1 is 1.25 bits per heavy atom. The largest absolute Gasteiger partial charge is 0.459 e. The number of likely N-dealkylation sites (tertiary alicyclic amines) is 1. The van der Waals surface area contributed by atoms with E-state index in [9.17, 15) is 4.79 Å². The summed E-state index contributed by atoms with van der Waals surface area (Å²) < 4.78 is 6.22. The van der Waals surface area contributed by atoms with E-state index < -0.39 is 5.41 Å². The van der Waals surface area contributed by atoms with Crippen molar-refractivity contribution in [3.8, 4) is 0 Å². The van der Waals surface area contributed by atoms with Crippen molar-refractivity contribution in [3.05, 3.63) is 65.2 Å². The highest BCUT2D eigenvalue weighted by molar-refractivity contribution is 5.83. The lowest BCUT2D eigenvalue weighted by Gasteiger charge is -2.37. The number of amides is 1. The number of hydrogen-bond donors (Lipinski definition) is 1. The number of nitrogens with zero attached hydrogens (tertiary/aromatic N) is 2. The number of aryl methyl sites for hydroxylation is 2. The van der Waals surface area contributed by atoms with Crippen molar-refractivity contribution in [1.29, 1.82) is 0 Å². The maximum Gasteiger partial charge on any atom is 0.225 e. The molecule has 1 N–H and O–H groups in total. The topological polar surface area (TPSA) is 58.4 Å². The molecule has 0 unspecified atom stereocenters. The molecule has 0 spiro atoms. The maximum atomic E-state index is 12.9. The summed E-state index contributed by atoms with van der Waals surface area (Å²) in [7, 11) is 0. The molecule has 1 aromatic carbocycles. The molecule has 1 aliphatic rings. The third-order valence-corrected chi connectivity index (χ3v) is 6.55. The second kappa shape index (κ2) is 9.07. The maximum absolute atomic E-state index is 12.9. The van der Waals surface area contributed by atoms with Gasteiger partial charge in [-0.3, -0.25) is 14.7 Å². The average molecular weight is 434 g/mol. The van der Waals surface area contributed by atoms with Crippen LogP contribution in [0.1, 0.15) is 62.2 Å². The summed E-state index contributed by atoms with van der Waals surface area (Å²) in [5.41, 5.74) is 3.94. The van der Waals surface area contributed by atoms with Crippen LogP contribution < -0.4 is 5.32 Å². The number of piperidine rings is 1. The van der Waals surface area contributed by atoms with Gasteiger partial charge >= 0.3 is 0 Å². The minimum absolute atomic E-state index is 0.0637. The molecule has 1 aliphatic heterocycles. The van der Waals surface area contributed by atoms with E-state index in [-0.39, 0.29) is 11.9 Å². The Labute approximate surface area is 191 Å². The third kappa shape index (κ3) is 4.88. The lowest BCUT2D eigenvalue weighted by Crippen LogP contribution is -2.45. The zero-order chi connectivity index (χ0) is 22.9. The van der Waals surface area contributed by atoms with Crippen LogP contribution in [0.25, 0.3) is 11.0 Å². The van der Waals surface area contributed by atoms with E-state index in [1.807, 2.05) is 45.2 Å². The molecule has 0 radical (unpaired) electrons. The van der Waals surface area contributed by atoms with Gasteiger partial charge in [-0.1, -0.05) is 38.5 Å². The molecule has 2 aromatic heterocycles. The van der Waals surface area contributed by atoms with Gasteiger partial charge in [0, 0.05) is 23.5 Å². The number of benzene rings is 1. The summed E-state index contributed by atoms with van der Waals surface area (Å²) in [6.45, 7) is 12.9. The Hall–Kier alpha value is -2.66. The number of pyridine rings is 1. The predicted octanol–water partition coefficient (Wildman–Crippen LogP) is 5.56. The Bertz CT molecular complexity index is 1080. The summed E-state index contributed by atoms with van der Waals surface area (Å²) in [6, 6.07) is 12.2. The van der Waals surface area contributed by atoms with Gasteiger partial charge in [-0.05, 0) is 69.0 Å². The normalized spacial score (nSPS) is 18.6. The lowest BCUT2D eigenvalue weighted by molar-refractivity contribution is -0.130. The van der Waals surface area contributed by atoms with Crippen molar-refractivity contribution < 1.29 is 9.21 Å². The predicted molar refractivity (Wildman–Crippen MR) is 128 cm³/mol. The zero-order valence-electron chi connectivity index (χ0n) is 19.9. The smallest absolute Gasteiger partial charge is 0.225 e. The molecule has 4 rings (SSSR count). The van der Waals surface area contributed by atoms with Gasteiger partial charge in [0.2, 0.25) is 5.91 Å². The molecule has 0 bridgehead atoms. The molecule has 1 amide bonds. The number of hydrogen-bond acceptors (Lipinski definition) is 4. The number of carbonyl (C=O) groups excluding carboxylic acids is 1. The van der Waals surface area contributed by atoms with Crippen molar-refractivity contribution in [2.24, 2.45) is 11.3 Å². The molecule has 1 saturated heterocycles. The van der Waals surface area contributed by atoms with Crippen LogP contribution in [0.2, 0.25) is 0 Å². The first-order valence-corrected chi connectivity index (χ1v) is 11.7. The summed E-state index contributed by atoms with van der Waals surface area (Å²) in [6.07, 6.45) is 3.98. The first kappa shape index (κ1) is 22.5. The first-order valence-electron chi connectivity index (χ1n) is 11.7. The summed E-state index contributed by atoms with van der Waals surface area (Å²) >= 11 is 0. The average Bonchev–Trinajstić information content (AvgIpc) is 3.06. The molecule has 5 heteroatoms. The standard InChI is InChI=1S/C27H35N3O2/c1-18-11-12-23-21(15-18)19(2)24(32-23)17-30-14-8-9-20(16-30)25(22-10-6-7-13-28-22)29-26(31)27(3,4)5/h6-7,10-13,15,20,25H,8-9,14,16-17H2,1-5H3,(H,29,31)/t20-,25+/m0/s1. The van der Waals surface area contributed by atoms with Crippen LogP contribution in [-0.4, -0.2) is 28.9 Å². The number of furan rings is 1. The first-order chi connectivity index (χ1) is 15.2. The number of fused-ring (bicyclic) bond motifs is 1. The van der Waals surface area contributed by atoms with E-state index >= 15 is 0 Å². The summed E-state index contributed by atoms with van der Waals surface area (Å²) in [4.78, 5) is 19.9. The minimum Gasteiger partial charge on any atom is -0.459 e. The van der Waals surface area contributed by atoms with E-state index in [0.717, 1.165) is 49.5 Å². The van der Waals surface area contributed by atoms with Gasteiger partial charge in [-0.2, -0.15) is 0 Å². The second-order valence-electron chi connectivity index (χ2n) is 10.2. The van der Waals surface area contributed by atoms with Gasteiger partial charge in [0.1, 0.15) is 11.3 Å². The summed E-state index contributed by atoms with van der Waals surface area (Å²) in [5, 5.41) is 4.52. The molecule has 170 valence electrons. The third-order valence-electron chi connectivity index (χ3n) is 6.55. The van der Waals surface area contributed by atoms with Crippen molar-refractivity contribution in [2.75, 3.05) is 13.1 Å². The Morgan fingerprint density at radius 2 is 2.06 bits per heavy atom. The molecule has 32 heavy (non-hydrogen) atoms. The van der Waals surface area contributed by atoms with Crippen LogP contribution in [-0.2, 0) is 11.3 Å². The lowest BCUT2D eigenvalue weighted by atomic mass is 9.86. The highest BCUT2D eigenvalue weighted by Crippen LogP contribution is 2.33. The van der Waals surface area contributed by atoms with Gasteiger partial charge in [0.05, 0.1) is 18.3 Å². The van der Waals surface area contributed by atoms with Crippen LogP contribution in [0.4, 0.5) is 0 Å². The molecule has 0 saturated carbocycles. The van der Waals surface area contributed by atoms with Crippen molar-refractivity contribution in [3.63, 3.8) is 0 Å². The fourth-order valence-corrected chi connectivity index (χ4v) is 4.60. The van der Waals surface area contributed by atoms with Crippen molar-refractivity contribution >= 4 is 16.9 Å². The molecule has 1 fully saturated rings. The van der Waals surface area contributed by atoms with E-state index in [0.29, 0.717) is 5.92 Å². The highest BCUT2D eigenvalue weighted by Gasteiger charge is 2.33. The number of carbonyl (C=O) groups is 1. The van der Waals surface area contributed by atoms with Crippen molar-refractivity contribution in [2.45, 2.75) is 60.0 Å². The number of nitrogens with one attached hydrogen (secondary N) is 1.